The van der Waals surface area contributed by atoms with E-state index in [1.165, 1.54) is 21.3 Å². The summed E-state index contributed by atoms with van der Waals surface area (Å²) >= 11 is 0. The number of aromatic nitrogens is 1. The van der Waals surface area contributed by atoms with Crippen molar-refractivity contribution in [3.8, 4) is 17.2 Å². The van der Waals surface area contributed by atoms with Crippen LogP contribution in [0.3, 0.4) is 0 Å². The molecule has 0 unspecified atom stereocenters. The zero-order chi connectivity index (χ0) is 22.1. The third-order valence-corrected chi connectivity index (χ3v) is 5.38. The maximum atomic E-state index is 14.6. The summed E-state index contributed by atoms with van der Waals surface area (Å²) in [6, 6.07) is 5.48. The van der Waals surface area contributed by atoms with Crippen molar-refractivity contribution in [1.29, 1.82) is 0 Å². The number of methoxy groups -OCH3 is 3. The minimum absolute atomic E-state index is 0.0260. The Kier molecular flexibility index (Phi) is 5.58. The first-order valence-electron chi connectivity index (χ1n) is 9.83. The number of benzene rings is 2. The van der Waals surface area contributed by atoms with Crippen molar-refractivity contribution >= 4 is 28.2 Å². The van der Waals surface area contributed by atoms with Gasteiger partial charge >= 0.3 is 0 Å². The van der Waals surface area contributed by atoms with Crippen LogP contribution in [0.25, 0.3) is 10.9 Å². The molecule has 0 bridgehead atoms. The zero-order valence-electron chi connectivity index (χ0n) is 17.5. The number of anilines is 2. The molecule has 0 atom stereocenters. The summed E-state index contributed by atoms with van der Waals surface area (Å²) in [7, 11) is 4.48. The maximum Gasteiger partial charge on any atom is 0.272 e. The Morgan fingerprint density at radius 1 is 0.968 bits per heavy atom. The van der Waals surface area contributed by atoms with Crippen LogP contribution < -0.4 is 24.4 Å². The summed E-state index contributed by atoms with van der Waals surface area (Å²) in [4.78, 5) is 17.4. The third kappa shape index (κ3) is 3.71. The normalized spacial score (nSPS) is 13.5. The molecule has 2 N–H and O–H groups in total. The van der Waals surface area contributed by atoms with Crippen LogP contribution in [0.2, 0.25) is 0 Å². The SMILES string of the molecule is COc1cc(OC)c2cc(C(=O)Nc3cc(F)c(N4CCCC4)c(F)c3)[nH]c2c1OC. The highest BCUT2D eigenvalue weighted by atomic mass is 19.1. The number of H-pyrrole nitrogens is 1. The highest BCUT2D eigenvalue weighted by Crippen LogP contribution is 2.41. The number of fused-ring (bicyclic) bond motifs is 1. The van der Waals surface area contributed by atoms with E-state index in [1.807, 2.05) is 0 Å². The molecule has 0 radical (unpaired) electrons. The fraction of sp³-hybridized carbons (Fsp3) is 0.318. The molecule has 1 aromatic heterocycles. The smallest absolute Gasteiger partial charge is 0.272 e. The summed E-state index contributed by atoms with van der Waals surface area (Å²) in [5.41, 5.74) is 0.649. The molecular weight excluding hydrogens is 408 g/mol. The van der Waals surface area contributed by atoms with Gasteiger partial charge in [-0.05, 0) is 31.0 Å². The highest BCUT2D eigenvalue weighted by Gasteiger charge is 2.23. The number of halogens is 2. The van der Waals surface area contributed by atoms with Crippen molar-refractivity contribution in [2.45, 2.75) is 12.8 Å². The van der Waals surface area contributed by atoms with Gasteiger partial charge in [0.15, 0.2) is 23.1 Å². The van der Waals surface area contributed by atoms with Crippen LogP contribution in [0.4, 0.5) is 20.2 Å². The molecule has 4 rings (SSSR count). The average Bonchev–Trinajstić information content (AvgIpc) is 3.42. The van der Waals surface area contributed by atoms with Gasteiger partial charge in [0.25, 0.3) is 5.91 Å². The molecule has 1 aliphatic heterocycles. The summed E-state index contributed by atoms with van der Waals surface area (Å²) in [6.07, 6.45) is 1.80. The average molecular weight is 431 g/mol. The summed E-state index contributed by atoms with van der Waals surface area (Å²) in [6.45, 7) is 1.23. The molecule has 0 saturated carbocycles. The molecule has 0 spiro atoms. The van der Waals surface area contributed by atoms with Crippen LogP contribution in [0.5, 0.6) is 17.2 Å². The van der Waals surface area contributed by atoms with Gasteiger partial charge in [-0.2, -0.15) is 0 Å². The molecule has 2 heterocycles. The zero-order valence-corrected chi connectivity index (χ0v) is 17.5. The van der Waals surface area contributed by atoms with Crippen molar-refractivity contribution in [3.63, 3.8) is 0 Å². The van der Waals surface area contributed by atoms with E-state index in [4.69, 9.17) is 14.2 Å². The summed E-state index contributed by atoms with van der Waals surface area (Å²) in [5.74, 6) is -0.655. The first-order valence-corrected chi connectivity index (χ1v) is 9.83. The van der Waals surface area contributed by atoms with E-state index < -0.39 is 17.5 Å². The molecule has 1 amide bonds. The van der Waals surface area contributed by atoms with Gasteiger partial charge in [-0.3, -0.25) is 4.79 Å². The number of nitrogens with zero attached hydrogens (tertiary/aromatic N) is 1. The number of aromatic amines is 1. The Hall–Kier alpha value is -3.49. The Balaban J connectivity index is 1.66. The lowest BCUT2D eigenvalue weighted by Gasteiger charge is -2.19. The number of carbonyl (C=O) groups excluding carboxylic acids is 1. The van der Waals surface area contributed by atoms with E-state index in [9.17, 15) is 13.6 Å². The van der Waals surface area contributed by atoms with Gasteiger partial charge in [-0.25, -0.2) is 8.78 Å². The lowest BCUT2D eigenvalue weighted by Crippen LogP contribution is -2.21. The fourth-order valence-electron chi connectivity index (χ4n) is 3.94. The predicted molar refractivity (Wildman–Crippen MR) is 114 cm³/mol. The van der Waals surface area contributed by atoms with Gasteiger partial charge in [0.05, 0.1) is 26.8 Å². The van der Waals surface area contributed by atoms with Crippen molar-refractivity contribution in [2.24, 2.45) is 0 Å². The third-order valence-electron chi connectivity index (χ3n) is 5.38. The lowest BCUT2D eigenvalue weighted by atomic mass is 10.2. The predicted octanol–water partition coefficient (Wildman–Crippen LogP) is 4.32. The van der Waals surface area contributed by atoms with Gasteiger partial charge in [-0.15, -0.1) is 0 Å². The van der Waals surface area contributed by atoms with E-state index in [-0.39, 0.29) is 17.1 Å². The Labute approximate surface area is 177 Å². The van der Waals surface area contributed by atoms with Crippen LogP contribution in [0.15, 0.2) is 24.3 Å². The van der Waals surface area contributed by atoms with E-state index in [0.29, 0.717) is 41.2 Å². The van der Waals surface area contributed by atoms with Crippen LogP contribution in [0, 0.1) is 11.6 Å². The number of nitrogens with one attached hydrogen (secondary N) is 2. The molecule has 1 saturated heterocycles. The molecule has 1 aliphatic rings. The molecule has 7 nitrogen and oxygen atoms in total. The van der Waals surface area contributed by atoms with E-state index in [1.54, 1.807) is 17.0 Å². The van der Waals surface area contributed by atoms with E-state index in [2.05, 4.69) is 10.3 Å². The van der Waals surface area contributed by atoms with Crippen LogP contribution in [-0.2, 0) is 0 Å². The topological polar surface area (TPSA) is 75.8 Å². The molecule has 31 heavy (non-hydrogen) atoms. The van der Waals surface area contributed by atoms with Crippen molar-refractivity contribution < 1.29 is 27.8 Å². The minimum Gasteiger partial charge on any atom is -0.496 e. The van der Waals surface area contributed by atoms with Gasteiger partial charge < -0.3 is 29.4 Å². The quantitative estimate of drug-likeness (QED) is 0.608. The maximum absolute atomic E-state index is 14.6. The van der Waals surface area contributed by atoms with Gasteiger partial charge in [-0.1, -0.05) is 0 Å². The van der Waals surface area contributed by atoms with Crippen LogP contribution in [-0.4, -0.2) is 45.3 Å². The largest absolute Gasteiger partial charge is 0.496 e. The van der Waals surface area contributed by atoms with Crippen LogP contribution in [0.1, 0.15) is 23.3 Å². The summed E-state index contributed by atoms with van der Waals surface area (Å²) in [5, 5.41) is 3.14. The Morgan fingerprint density at radius 2 is 1.61 bits per heavy atom. The number of amides is 1. The Morgan fingerprint density at radius 3 is 2.19 bits per heavy atom. The van der Waals surface area contributed by atoms with Crippen LogP contribution >= 0.6 is 0 Å². The second-order valence-corrected chi connectivity index (χ2v) is 7.22. The minimum atomic E-state index is -0.707. The fourth-order valence-corrected chi connectivity index (χ4v) is 3.94. The molecule has 0 aliphatic carbocycles. The summed E-state index contributed by atoms with van der Waals surface area (Å²) < 4.78 is 45.3. The molecular formula is C22H23F2N3O4. The van der Waals surface area contributed by atoms with Crippen molar-refractivity contribution in [1.82, 2.24) is 4.98 Å². The Bertz CT molecular complexity index is 1120. The number of hydrogen-bond acceptors (Lipinski definition) is 5. The van der Waals surface area contributed by atoms with Gasteiger partial charge in [0, 0.05) is 30.2 Å². The number of carbonyl (C=O) groups is 1. The van der Waals surface area contributed by atoms with E-state index >= 15 is 0 Å². The second-order valence-electron chi connectivity index (χ2n) is 7.22. The molecule has 3 aromatic rings. The van der Waals surface area contributed by atoms with Gasteiger partial charge in [0.1, 0.15) is 17.1 Å². The molecule has 2 aromatic carbocycles. The number of hydrogen-bond donors (Lipinski definition) is 2. The van der Waals surface area contributed by atoms with Crippen molar-refractivity contribution in [3.05, 3.63) is 41.6 Å². The monoisotopic (exact) mass is 431 g/mol. The van der Waals surface area contributed by atoms with Crippen molar-refractivity contribution in [2.75, 3.05) is 44.6 Å². The van der Waals surface area contributed by atoms with E-state index in [0.717, 1.165) is 25.0 Å². The molecule has 1 fully saturated rings. The molecule has 9 heteroatoms. The first kappa shape index (κ1) is 20.8. The second kappa shape index (κ2) is 8.33. The number of rotatable bonds is 6. The molecule has 164 valence electrons. The first-order chi connectivity index (χ1) is 15.0. The van der Waals surface area contributed by atoms with Gasteiger partial charge in [0.2, 0.25) is 0 Å². The lowest BCUT2D eigenvalue weighted by molar-refractivity contribution is 0.102. The standard InChI is InChI=1S/C22H23F2N3O4/c1-29-17-11-18(30-2)21(31-3)19-13(17)10-16(26-19)22(28)25-12-8-14(23)20(15(24)9-12)27-6-4-5-7-27/h8-11,26H,4-7H2,1-3H3,(H,25,28). The highest BCUT2D eigenvalue weighted by molar-refractivity contribution is 6.08. The number of ether oxygens (including phenoxy) is 3.